The number of primary amides is 1. The normalized spacial score (nSPS) is 12.1. The maximum Gasteiger partial charge on any atom is 0.251 e. The molecular weight excluding hydrogens is 354 g/mol. The summed E-state index contributed by atoms with van der Waals surface area (Å²) in [6.45, 7) is 2.40. The molecule has 1 atom stereocenters. The predicted octanol–water partition coefficient (Wildman–Crippen LogP) is 0.615. The van der Waals surface area contributed by atoms with E-state index in [-0.39, 0.29) is 29.3 Å². The Kier molecular flexibility index (Phi) is 9.57. The molecule has 0 saturated carbocycles. The summed E-state index contributed by atoms with van der Waals surface area (Å²) in [6.07, 6.45) is 2.77. The fraction of sp³-hybridized carbons (Fsp3) is 0.467. The molecule has 7 nitrogen and oxygen atoms in total. The molecule has 1 rings (SSSR count). The van der Waals surface area contributed by atoms with Crippen LogP contribution in [-0.4, -0.2) is 38.6 Å². The third-order valence-corrected chi connectivity index (χ3v) is 4.99. The van der Waals surface area contributed by atoms with Gasteiger partial charge in [-0.3, -0.25) is 9.59 Å². The van der Waals surface area contributed by atoms with E-state index in [2.05, 4.69) is 12.2 Å². The van der Waals surface area contributed by atoms with Crippen molar-refractivity contribution in [3.8, 4) is 0 Å². The van der Waals surface area contributed by atoms with Crippen molar-refractivity contribution in [3.05, 3.63) is 29.8 Å². The maximum absolute atomic E-state index is 12.1. The number of hydrogen-bond acceptors (Lipinski definition) is 5. The molecule has 0 aromatic heterocycles. The Balaban J connectivity index is 0.00000529. The van der Waals surface area contributed by atoms with E-state index in [0.717, 1.165) is 19.3 Å². The second kappa shape index (κ2) is 10.3. The topological polar surface area (TPSA) is 132 Å². The minimum absolute atomic E-state index is 0. The van der Waals surface area contributed by atoms with Crippen molar-refractivity contribution in [3.63, 3.8) is 0 Å². The van der Waals surface area contributed by atoms with Crippen LogP contribution in [0.15, 0.2) is 29.2 Å². The van der Waals surface area contributed by atoms with Gasteiger partial charge in [0.2, 0.25) is 5.91 Å². The molecule has 24 heavy (non-hydrogen) atoms. The first-order chi connectivity index (χ1) is 10.8. The summed E-state index contributed by atoms with van der Waals surface area (Å²) >= 11 is 0. The van der Waals surface area contributed by atoms with Gasteiger partial charge in [0, 0.05) is 18.2 Å². The summed E-state index contributed by atoms with van der Waals surface area (Å²) in [4.78, 5) is 22.8. The van der Waals surface area contributed by atoms with Gasteiger partial charge in [-0.2, -0.15) is 0 Å². The van der Waals surface area contributed by atoms with Crippen LogP contribution in [0, 0.1) is 0 Å². The van der Waals surface area contributed by atoms with Crippen LogP contribution in [0.1, 0.15) is 36.5 Å². The van der Waals surface area contributed by atoms with Gasteiger partial charge < -0.3 is 16.8 Å². The van der Waals surface area contributed by atoms with Crippen LogP contribution in [0.5, 0.6) is 0 Å². The van der Waals surface area contributed by atoms with Gasteiger partial charge in [-0.05, 0) is 30.7 Å². The number of unbranched alkanes of at least 4 members (excludes halogenated alkanes) is 1. The van der Waals surface area contributed by atoms with E-state index in [1.807, 2.05) is 0 Å². The average molecular weight is 378 g/mol. The number of carbonyl (C=O) groups is 2. The van der Waals surface area contributed by atoms with Crippen LogP contribution in [0.2, 0.25) is 0 Å². The van der Waals surface area contributed by atoms with Gasteiger partial charge in [-0.25, -0.2) is 8.42 Å². The van der Waals surface area contributed by atoms with Gasteiger partial charge in [-0.1, -0.05) is 19.8 Å². The number of benzene rings is 1. The lowest BCUT2D eigenvalue weighted by Crippen LogP contribution is -2.40. The summed E-state index contributed by atoms with van der Waals surface area (Å²) in [6, 6.07) is 5.27. The van der Waals surface area contributed by atoms with Crippen molar-refractivity contribution in [2.24, 2.45) is 11.5 Å². The predicted molar refractivity (Wildman–Crippen MR) is 94.8 cm³/mol. The van der Waals surface area contributed by atoms with Crippen molar-refractivity contribution in [2.45, 2.75) is 37.1 Å². The molecule has 1 unspecified atom stereocenters. The van der Waals surface area contributed by atoms with Crippen molar-refractivity contribution in [1.82, 2.24) is 5.32 Å². The minimum atomic E-state index is -3.77. The van der Waals surface area contributed by atoms with E-state index in [1.54, 1.807) is 0 Å². The fourth-order valence-electron chi connectivity index (χ4n) is 2.05. The standard InChI is InChI=1S/C15H23N3O4S.ClH/c1-2-3-4-12(9-16)18-15(20)11-5-7-13(8-6-11)23(21,22)10-14(17)19;/h5-8,12H,2-4,9-10,16H2,1H3,(H2,17,19)(H,18,20);1H. The Labute approximate surface area is 148 Å². The molecule has 0 spiro atoms. The first kappa shape index (κ1) is 22.4. The molecule has 2 amide bonds. The van der Waals surface area contributed by atoms with E-state index < -0.39 is 21.5 Å². The molecule has 0 bridgehead atoms. The molecule has 0 aliphatic rings. The SMILES string of the molecule is CCCCC(CN)NC(=O)c1ccc(S(=O)(=O)CC(N)=O)cc1.Cl. The molecule has 0 heterocycles. The largest absolute Gasteiger partial charge is 0.369 e. The average Bonchev–Trinajstić information content (AvgIpc) is 2.50. The molecule has 5 N–H and O–H groups in total. The molecule has 0 aliphatic heterocycles. The third-order valence-electron chi connectivity index (χ3n) is 3.33. The molecular formula is C15H24ClN3O4S. The number of sulfone groups is 1. The summed E-state index contributed by atoms with van der Waals surface area (Å²) in [5.74, 6) is -1.99. The highest BCUT2D eigenvalue weighted by Crippen LogP contribution is 2.13. The van der Waals surface area contributed by atoms with Crippen molar-refractivity contribution in [2.75, 3.05) is 12.3 Å². The lowest BCUT2D eigenvalue weighted by molar-refractivity contribution is -0.115. The van der Waals surface area contributed by atoms with Gasteiger partial charge in [-0.15, -0.1) is 12.4 Å². The molecule has 0 saturated heterocycles. The highest BCUT2D eigenvalue weighted by atomic mass is 35.5. The van der Waals surface area contributed by atoms with E-state index in [1.165, 1.54) is 24.3 Å². The zero-order valence-electron chi connectivity index (χ0n) is 13.5. The fourth-order valence-corrected chi connectivity index (χ4v) is 3.14. The second-order valence-corrected chi connectivity index (χ2v) is 7.29. The van der Waals surface area contributed by atoms with Crippen LogP contribution < -0.4 is 16.8 Å². The Morgan fingerprint density at radius 2 is 1.79 bits per heavy atom. The minimum Gasteiger partial charge on any atom is -0.369 e. The van der Waals surface area contributed by atoms with Crippen LogP contribution in [0.3, 0.4) is 0 Å². The summed E-state index contributed by atoms with van der Waals surface area (Å²) in [7, 11) is -3.77. The molecule has 0 radical (unpaired) electrons. The quantitative estimate of drug-likeness (QED) is 0.580. The molecule has 0 fully saturated rings. The van der Waals surface area contributed by atoms with E-state index in [0.29, 0.717) is 12.1 Å². The Hall–Kier alpha value is -1.64. The summed E-state index contributed by atoms with van der Waals surface area (Å²) in [5.41, 5.74) is 10.9. The van der Waals surface area contributed by atoms with E-state index in [4.69, 9.17) is 11.5 Å². The molecule has 1 aromatic carbocycles. The Morgan fingerprint density at radius 3 is 2.25 bits per heavy atom. The van der Waals surface area contributed by atoms with Gasteiger partial charge in [0.05, 0.1) is 4.90 Å². The number of carbonyl (C=O) groups excluding carboxylic acids is 2. The lowest BCUT2D eigenvalue weighted by Gasteiger charge is -2.16. The van der Waals surface area contributed by atoms with Crippen molar-refractivity contribution in [1.29, 1.82) is 0 Å². The highest BCUT2D eigenvalue weighted by molar-refractivity contribution is 7.92. The number of hydrogen-bond donors (Lipinski definition) is 3. The van der Waals surface area contributed by atoms with Crippen LogP contribution in [0.25, 0.3) is 0 Å². The second-order valence-electron chi connectivity index (χ2n) is 5.30. The van der Waals surface area contributed by atoms with Crippen molar-refractivity contribution >= 4 is 34.1 Å². The summed E-state index contributed by atoms with van der Waals surface area (Å²) in [5, 5.41) is 2.82. The van der Waals surface area contributed by atoms with Gasteiger partial charge in [0.15, 0.2) is 9.84 Å². The number of halogens is 1. The van der Waals surface area contributed by atoms with Crippen LogP contribution >= 0.6 is 12.4 Å². The zero-order chi connectivity index (χ0) is 17.5. The van der Waals surface area contributed by atoms with Gasteiger partial charge in [0.25, 0.3) is 5.91 Å². The van der Waals surface area contributed by atoms with Gasteiger partial charge >= 0.3 is 0 Å². The first-order valence-corrected chi connectivity index (χ1v) is 9.07. The Morgan fingerprint density at radius 1 is 1.21 bits per heavy atom. The molecule has 9 heteroatoms. The number of nitrogens with one attached hydrogen (secondary N) is 1. The van der Waals surface area contributed by atoms with Crippen molar-refractivity contribution < 1.29 is 18.0 Å². The summed E-state index contributed by atoms with van der Waals surface area (Å²) < 4.78 is 23.7. The maximum atomic E-state index is 12.1. The first-order valence-electron chi connectivity index (χ1n) is 7.42. The van der Waals surface area contributed by atoms with Gasteiger partial charge in [0.1, 0.15) is 5.75 Å². The van der Waals surface area contributed by atoms with E-state index >= 15 is 0 Å². The molecule has 136 valence electrons. The zero-order valence-corrected chi connectivity index (χ0v) is 15.2. The van der Waals surface area contributed by atoms with Crippen LogP contribution in [-0.2, 0) is 14.6 Å². The van der Waals surface area contributed by atoms with Crippen LogP contribution in [0.4, 0.5) is 0 Å². The lowest BCUT2D eigenvalue weighted by atomic mass is 10.1. The number of nitrogens with two attached hydrogens (primary N) is 2. The van der Waals surface area contributed by atoms with E-state index in [9.17, 15) is 18.0 Å². The third kappa shape index (κ3) is 6.86. The number of amides is 2. The highest BCUT2D eigenvalue weighted by Gasteiger charge is 2.18. The monoisotopic (exact) mass is 377 g/mol. The number of rotatable bonds is 9. The Bertz CT molecular complexity index is 647. The molecule has 0 aliphatic carbocycles. The molecule has 1 aromatic rings. The smallest absolute Gasteiger partial charge is 0.251 e.